The summed E-state index contributed by atoms with van der Waals surface area (Å²) in [4.78, 5) is 11.9. The van der Waals surface area contributed by atoms with Gasteiger partial charge in [0.15, 0.2) is 0 Å². The fourth-order valence-corrected chi connectivity index (χ4v) is 3.69. The van der Waals surface area contributed by atoms with E-state index in [0.717, 1.165) is 43.9 Å². The Hall–Kier alpha value is -0.830. The van der Waals surface area contributed by atoms with Crippen LogP contribution < -0.4 is 0 Å². The van der Waals surface area contributed by atoms with Crippen molar-refractivity contribution in [2.75, 3.05) is 6.61 Å². The minimum absolute atomic E-state index is 0.0245. The number of carbonyl (C=O) groups is 1. The van der Waals surface area contributed by atoms with Crippen LogP contribution in [0, 0.1) is 17.8 Å². The summed E-state index contributed by atoms with van der Waals surface area (Å²) in [6, 6.07) is 0. The molecule has 2 aliphatic rings. The van der Waals surface area contributed by atoms with Crippen LogP contribution in [0.15, 0.2) is 12.7 Å². The van der Waals surface area contributed by atoms with Gasteiger partial charge >= 0.3 is 5.97 Å². The molecule has 2 saturated carbocycles. The van der Waals surface area contributed by atoms with Crippen molar-refractivity contribution in [3.05, 3.63) is 12.7 Å². The van der Waals surface area contributed by atoms with Gasteiger partial charge in [-0.15, -0.1) is 6.58 Å². The number of allylic oxidation sites excluding steroid dienone is 1. The molecule has 0 atom stereocenters. The number of hydrogen-bond acceptors (Lipinski definition) is 3. The van der Waals surface area contributed by atoms with Crippen molar-refractivity contribution in [2.45, 2.75) is 70.3 Å². The van der Waals surface area contributed by atoms with Gasteiger partial charge in [-0.2, -0.15) is 0 Å². The Morgan fingerprint density at radius 1 is 1.10 bits per heavy atom. The van der Waals surface area contributed by atoms with Crippen LogP contribution in [-0.4, -0.2) is 23.8 Å². The second-order valence-electron chi connectivity index (χ2n) is 6.83. The first-order valence-electron chi connectivity index (χ1n) is 8.66. The van der Waals surface area contributed by atoms with Crippen molar-refractivity contribution in [3.63, 3.8) is 0 Å². The van der Waals surface area contributed by atoms with Gasteiger partial charge in [0.05, 0.1) is 18.6 Å². The third-order valence-electron chi connectivity index (χ3n) is 5.26. The Kier molecular flexibility index (Phi) is 6.75. The molecule has 0 amide bonds. The first-order valence-corrected chi connectivity index (χ1v) is 8.66. The van der Waals surface area contributed by atoms with Crippen molar-refractivity contribution in [2.24, 2.45) is 17.8 Å². The smallest absolute Gasteiger partial charge is 0.308 e. The molecule has 0 heterocycles. The zero-order chi connectivity index (χ0) is 15.1. The van der Waals surface area contributed by atoms with Gasteiger partial charge in [-0.05, 0) is 76.0 Å². The fraction of sp³-hybridized carbons (Fsp3) is 0.833. The van der Waals surface area contributed by atoms with Crippen molar-refractivity contribution >= 4 is 5.97 Å². The molecule has 120 valence electrons. The van der Waals surface area contributed by atoms with Gasteiger partial charge in [0.1, 0.15) is 0 Å². The number of aliphatic hydroxyl groups excluding tert-OH is 1. The van der Waals surface area contributed by atoms with Crippen molar-refractivity contribution in [1.29, 1.82) is 0 Å². The van der Waals surface area contributed by atoms with Gasteiger partial charge in [0, 0.05) is 0 Å². The summed E-state index contributed by atoms with van der Waals surface area (Å²) in [6.07, 6.45) is 12.3. The third-order valence-corrected chi connectivity index (χ3v) is 5.26. The molecule has 3 nitrogen and oxygen atoms in total. The summed E-state index contributed by atoms with van der Waals surface area (Å²) in [5, 5.41) is 9.45. The van der Waals surface area contributed by atoms with Gasteiger partial charge in [-0.3, -0.25) is 4.79 Å². The highest BCUT2D eigenvalue weighted by Crippen LogP contribution is 2.32. The summed E-state index contributed by atoms with van der Waals surface area (Å²) >= 11 is 0. The lowest BCUT2D eigenvalue weighted by Crippen LogP contribution is -2.26. The molecule has 2 fully saturated rings. The van der Waals surface area contributed by atoms with Crippen LogP contribution in [0.25, 0.3) is 0 Å². The standard InChI is InChI=1S/C18H30O3/c1-2-14-5-7-15(8-6-14)4-3-13-21-18(20)16-9-11-17(19)12-10-16/h2,14-17,19H,1,3-13H2. The zero-order valence-corrected chi connectivity index (χ0v) is 13.1. The highest BCUT2D eigenvalue weighted by atomic mass is 16.5. The van der Waals surface area contributed by atoms with Gasteiger partial charge in [-0.1, -0.05) is 6.08 Å². The monoisotopic (exact) mass is 294 g/mol. The summed E-state index contributed by atoms with van der Waals surface area (Å²) < 4.78 is 5.41. The van der Waals surface area contributed by atoms with Crippen molar-refractivity contribution in [3.8, 4) is 0 Å². The fourth-order valence-electron chi connectivity index (χ4n) is 3.69. The molecular formula is C18H30O3. The van der Waals surface area contributed by atoms with Gasteiger partial charge in [0.2, 0.25) is 0 Å². The molecule has 0 aromatic rings. The van der Waals surface area contributed by atoms with Gasteiger partial charge in [0.25, 0.3) is 0 Å². The average Bonchev–Trinajstić information content (AvgIpc) is 2.52. The highest BCUT2D eigenvalue weighted by molar-refractivity contribution is 5.72. The van der Waals surface area contributed by atoms with Gasteiger partial charge in [-0.25, -0.2) is 0 Å². The van der Waals surface area contributed by atoms with Crippen LogP contribution in [0.3, 0.4) is 0 Å². The molecule has 0 saturated heterocycles. The van der Waals surface area contributed by atoms with E-state index in [4.69, 9.17) is 4.74 Å². The van der Waals surface area contributed by atoms with Crippen LogP contribution in [0.5, 0.6) is 0 Å². The van der Waals surface area contributed by atoms with Crippen molar-refractivity contribution in [1.82, 2.24) is 0 Å². The van der Waals surface area contributed by atoms with E-state index < -0.39 is 0 Å². The average molecular weight is 294 g/mol. The quantitative estimate of drug-likeness (QED) is 0.460. The lowest BCUT2D eigenvalue weighted by atomic mass is 9.80. The third kappa shape index (κ3) is 5.46. The molecule has 0 unspecified atom stereocenters. The minimum atomic E-state index is -0.209. The summed E-state index contributed by atoms with van der Waals surface area (Å²) in [6.45, 7) is 4.45. The predicted molar refractivity (Wildman–Crippen MR) is 83.8 cm³/mol. The van der Waals surface area contributed by atoms with E-state index in [1.807, 2.05) is 0 Å². The molecule has 1 N–H and O–H groups in total. The van der Waals surface area contributed by atoms with E-state index in [1.165, 1.54) is 32.1 Å². The maximum atomic E-state index is 11.9. The van der Waals surface area contributed by atoms with Crippen LogP contribution >= 0.6 is 0 Å². The molecule has 0 aromatic carbocycles. The topological polar surface area (TPSA) is 46.5 Å². The van der Waals surface area contributed by atoms with E-state index in [9.17, 15) is 9.90 Å². The van der Waals surface area contributed by atoms with E-state index in [0.29, 0.717) is 6.61 Å². The zero-order valence-electron chi connectivity index (χ0n) is 13.1. The molecule has 0 aromatic heterocycles. The second kappa shape index (κ2) is 8.57. The Bertz CT molecular complexity index is 323. The van der Waals surface area contributed by atoms with Crippen LogP contribution in [0.1, 0.15) is 64.2 Å². The Morgan fingerprint density at radius 2 is 1.76 bits per heavy atom. The Labute approximate surface area is 128 Å². The normalized spacial score (nSPS) is 33.4. The lowest BCUT2D eigenvalue weighted by molar-refractivity contribution is -0.150. The Morgan fingerprint density at radius 3 is 2.38 bits per heavy atom. The molecule has 0 aliphatic heterocycles. The van der Waals surface area contributed by atoms with Crippen molar-refractivity contribution < 1.29 is 14.6 Å². The largest absolute Gasteiger partial charge is 0.465 e. The van der Waals surface area contributed by atoms with Crippen LogP contribution in [-0.2, 0) is 9.53 Å². The molecule has 21 heavy (non-hydrogen) atoms. The number of ether oxygens (including phenoxy) is 1. The lowest BCUT2D eigenvalue weighted by Gasteiger charge is -2.26. The summed E-state index contributed by atoms with van der Waals surface area (Å²) in [5.74, 6) is 1.51. The second-order valence-corrected chi connectivity index (χ2v) is 6.83. The van der Waals surface area contributed by atoms with E-state index in [-0.39, 0.29) is 18.0 Å². The maximum absolute atomic E-state index is 11.9. The first-order chi connectivity index (χ1) is 10.2. The number of hydrogen-bond donors (Lipinski definition) is 1. The molecule has 0 spiro atoms. The molecular weight excluding hydrogens is 264 g/mol. The van der Waals surface area contributed by atoms with E-state index >= 15 is 0 Å². The molecule has 2 aliphatic carbocycles. The maximum Gasteiger partial charge on any atom is 0.308 e. The number of carbonyl (C=O) groups excluding carboxylic acids is 1. The van der Waals surface area contributed by atoms with E-state index in [2.05, 4.69) is 12.7 Å². The number of esters is 1. The molecule has 0 bridgehead atoms. The number of aliphatic hydroxyl groups is 1. The molecule has 2 rings (SSSR count). The van der Waals surface area contributed by atoms with Gasteiger partial charge < -0.3 is 9.84 Å². The SMILES string of the molecule is C=CC1CCC(CCCOC(=O)C2CCC(O)CC2)CC1. The first kappa shape index (κ1) is 16.5. The predicted octanol–water partition coefficient (Wildman–Crippen LogP) is 3.85. The minimum Gasteiger partial charge on any atom is -0.465 e. The van der Waals surface area contributed by atoms with Crippen LogP contribution in [0.4, 0.5) is 0 Å². The van der Waals surface area contributed by atoms with Crippen LogP contribution in [0.2, 0.25) is 0 Å². The number of rotatable bonds is 6. The van der Waals surface area contributed by atoms with E-state index in [1.54, 1.807) is 0 Å². The highest BCUT2D eigenvalue weighted by Gasteiger charge is 2.26. The summed E-state index contributed by atoms with van der Waals surface area (Å²) in [5.41, 5.74) is 0. The summed E-state index contributed by atoms with van der Waals surface area (Å²) in [7, 11) is 0. The molecule has 0 radical (unpaired) electrons. The molecule has 3 heteroatoms. The Balaban J connectivity index is 1.53.